The van der Waals surface area contributed by atoms with Crippen LogP contribution in [-0.4, -0.2) is 17.1 Å². The fourth-order valence-corrected chi connectivity index (χ4v) is 1.80. The van der Waals surface area contributed by atoms with E-state index in [-0.39, 0.29) is 5.15 Å². The smallest absolute Gasteiger partial charge is 0.267 e. The first-order valence-corrected chi connectivity index (χ1v) is 5.79. The third-order valence-electron chi connectivity index (χ3n) is 2.47. The quantitative estimate of drug-likeness (QED) is 0.796. The van der Waals surface area contributed by atoms with Gasteiger partial charge in [0.15, 0.2) is 5.15 Å². The van der Waals surface area contributed by atoms with Gasteiger partial charge in [-0.15, -0.1) is 0 Å². The SMILES string of the molecule is COc1c(Cl)ncnc1Oc1ccc(C)cc1C. The maximum atomic E-state index is 5.90. The van der Waals surface area contributed by atoms with Crippen molar-refractivity contribution >= 4 is 11.6 Å². The molecule has 0 amide bonds. The zero-order valence-corrected chi connectivity index (χ0v) is 11.2. The maximum absolute atomic E-state index is 5.90. The van der Waals surface area contributed by atoms with Crippen molar-refractivity contribution in [1.29, 1.82) is 0 Å². The minimum atomic E-state index is 0.229. The van der Waals surface area contributed by atoms with Crippen molar-refractivity contribution in [3.63, 3.8) is 0 Å². The normalized spacial score (nSPS) is 10.2. The van der Waals surface area contributed by atoms with Crippen LogP contribution in [0.4, 0.5) is 0 Å². The molecule has 1 heterocycles. The summed E-state index contributed by atoms with van der Waals surface area (Å²) in [5.74, 6) is 1.36. The van der Waals surface area contributed by atoms with E-state index in [1.807, 2.05) is 32.0 Å². The Hall–Kier alpha value is -1.81. The van der Waals surface area contributed by atoms with E-state index < -0.39 is 0 Å². The molecule has 4 nitrogen and oxygen atoms in total. The average molecular weight is 265 g/mol. The van der Waals surface area contributed by atoms with E-state index in [4.69, 9.17) is 21.1 Å². The molecule has 18 heavy (non-hydrogen) atoms. The van der Waals surface area contributed by atoms with Crippen LogP contribution in [0.2, 0.25) is 5.15 Å². The Morgan fingerprint density at radius 2 is 1.94 bits per heavy atom. The standard InChI is InChI=1S/C13H13ClN2O2/c1-8-4-5-10(9(2)6-8)18-13-11(17-3)12(14)15-7-16-13/h4-7H,1-3H3. The monoisotopic (exact) mass is 264 g/mol. The molecule has 0 bridgehead atoms. The highest BCUT2D eigenvalue weighted by atomic mass is 35.5. The van der Waals surface area contributed by atoms with E-state index in [2.05, 4.69) is 9.97 Å². The van der Waals surface area contributed by atoms with Gasteiger partial charge in [-0.25, -0.2) is 4.98 Å². The average Bonchev–Trinajstić information content (AvgIpc) is 2.33. The number of hydrogen-bond acceptors (Lipinski definition) is 4. The van der Waals surface area contributed by atoms with Crippen LogP contribution < -0.4 is 9.47 Å². The molecular formula is C13H13ClN2O2. The topological polar surface area (TPSA) is 44.2 Å². The molecule has 0 saturated carbocycles. The summed E-state index contributed by atoms with van der Waals surface area (Å²) in [5.41, 5.74) is 2.19. The van der Waals surface area contributed by atoms with Gasteiger partial charge in [-0.1, -0.05) is 29.3 Å². The first-order valence-electron chi connectivity index (χ1n) is 5.41. The minimum absolute atomic E-state index is 0.229. The lowest BCUT2D eigenvalue weighted by molar-refractivity contribution is 0.366. The summed E-state index contributed by atoms with van der Waals surface area (Å²) in [6.07, 6.45) is 1.34. The van der Waals surface area contributed by atoms with Crippen molar-refractivity contribution in [1.82, 2.24) is 9.97 Å². The largest absolute Gasteiger partial charge is 0.489 e. The first kappa shape index (κ1) is 12.6. The number of nitrogens with zero attached hydrogens (tertiary/aromatic N) is 2. The molecule has 1 aromatic heterocycles. The van der Waals surface area contributed by atoms with Gasteiger partial charge < -0.3 is 9.47 Å². The second-order valence-corrected chi connectivity index (χ2v) is 4.23. The van der Waals surface area contributed by atoms with Gasteiger partial charge in [0.05, 0.1) is 7.11 Å². The summed E-state index contributed by atoms with van der Waals surface area (Å²) < 4.78 is 10.8. The van der Waals surface area contributed by atoms with Crippen molar-refractivity contribution in [2.24, 2.45) is 0 Å². The molecule has 0 saturated heterocycles. The van der Waals surface area contributed by atoms with E-state index >= 15 is 0 Å². The number of hydrogen-bond donors (Lipinski definition) is 0. The number of ether oxygens (including phenoxy) is 2. The molecule has 1 aromatic carbocycles. The molecule has 0 atom stereocenters. The van der Waals surface area contributed by atoms with E-state index in [0.29, 0.717) is 17.4 Å². The van der Waals surface area contributed by atoms with Gasteiger partial charge in [-0.3, -0.25) is 0 Å². The predicted octanol–water partition coefficient (Wildman–Crippen LogP) is 3.55. The van der Waals surface area contributed by atoms with Crippen LogP contribution in [0.15, 0.2) is 24.5 Å². The number of rotatable bonds is 3. The van der Waals surface area contributed by atoms with Crippen LogP contribution >= 0.6 is 11.6 Å². The number of benzene rings is 1. The van der Waals surface area contributed by atoms with E-state index in [9.17, 15) is 0 Å². The second-order valence-electron chi connectivity index (χ2n) is 3.87. The molecule has 0 aliphatic rings. The van der Waals surface area contributed by atoms with Gasteiger partial charge in [0.2, 0.25) is 5.75 Å². The highest BCUT2D eigenvalue weighted by Gasteiger charge is 2.13. The molecule has 2 rings (SSSR count). The third-order valence-corrected chi connectivity index (χ3v) is 2.74. The molecule has 5 heteroatoms. The molecule has 0 N–H and O–H groups in total. The molecule has 0 radical (unpaired) electrons. The lowest BCUT2D eigenvalue weighted by atomic mass is 10.1. The fourth-order valence-electron chi connectivity index (χ4n) is 1.60. The molecular weight excluding hydrogens is 252 g/mol. The van der Waals surface area contributed by atoms with Gasteiger partial charge in [0.1, 0.15) is 12.1 Å². The highest BCUT2D eigenvalue weighted by molar-refractivity contribution is 6.31. The Balaban J connectivity index is 2.37. The van der Waals surface area contributed by atoms with Gasteiger partial charge >= 0.3 is 0 Å². The Labute approximate surface area is 111 Å². The van der Waals surface area contributed by atoms with E-state index in [1.54, 1.807) is 0 Å². The Morgan fingerprint density at radius 1 is 1.17 bits per heavy atom. The Bertz CT molecular complexity index is 573. The van der Waals surface area contributed by atoms with Crippen molar-refractivity contribution in [2.75, 3.05) is 7.11 Å². The molecule has 0 fully saturated rings. The lowest BCUT2D eigenvalue weighted by Gasteiger charge is -2.11. The lowest BCUT2D eigenvalue weighted by Crippen LogP contribution is -1.96. The van der Waals surface area contributed by atoms with E-state index in [1.165, 1.54) is 19.0 Å². The fraction of sp³-hybridized carbons (Fsp3) is 0.231. The number of aromatic nitrogens is 2. The number of methoxy groups -OCH3 is 1. The molecule has 0 aliphatic carbocycles. The Kier molecular flexibility index (Phi) is 3.67. The summed E-state index contributed by atoms with van der Waals surface area (Å²) in [4.78, 5) is 7.86. The molecule has 0 spiro atoms. The number of aryl methyl sites for hydroxylation is 2. The van der Waals surface area contributed by atoms with Crippen LogP contribution in [0.25, 0.3) is 0 Å². The summed E-state index contributed by atoms with van der Waals surface area (Å²) in [7, 11) is 1.50. The Morgan fingerprint density at radius 3 is 2.61 bits per heavy atom. The number of halogens is 1. The van der Waals surface area contributed by atoms with Gasteiger partial charge in [-0.2, -0.15) is 4.98 Å². The van der Waals surface area contributed by atoms with Crippen molar-refractivity contribution in [3.8, 4) is 17.4 Å². The highest BCUT2D eigenvalue weighted by Crippen LogP contribution is 2.34. The van der Waals surface area contributed by atoms with Gasteiger partial charge in [0, 0.05) is 0 Å². The van der Waals surface area contributed by atoms with E-state index in [0.717, 1.165) is 5.56 Å². The van der Waals surface area contributed by atoms with Crippen molar-refractivity contribution < 1.29 is 9.47 Å². The van der Waals surface area contributed by atoms with Crippen LogP contribution in [0.5, 0.6) is 17.4 Å². The zero-order chi connectivity index (χ0) is 13.1. The first-order chi connectivity index (χ1) is 8.61. The summed E-state index contributed by atoms with van der Waals surface area (Å²) in [6.45, 7) is 4.00. The van der Waals surface area contributed by atoms with Gasteiger partial charge in [0.25, 0.3) is 5.88 Å². The van der Waals surface area contributed by atoms with Crippen molar-refractivity contribution in [2.45, 2.75) is 13.8 Å². The maximum Gasteiger partial charge on any atom is 0.267 e. The second kappa shape index (κ2) is 5.23. The minimum Gasteiger partial charge on any atom is -0.489 e. The van der Waals surface area contributed by atoms with Crippen LogP contribution in [-0.2, 0) is 0 Å². The zero-order valence-electron chi connectivity index (χ0n) is 10.4. The molecule has 0 aliphatic heterocycles. The van der Waals surface area contributed by atoms with Crippen LogP contribution in [0, 0.1) is 13.8 Å². The summed E-state index contributed by atoms with van der Waals surface area (Å²) in [6, 6.07) is 5.89. The predicted molar refractivity (Wildman–Crippen MR) is 69.6 cm³/mol. The van der Waals surface area contributed by atoms with Crippen LogP contribution in [0.1, 0.15) is 11.1 Å². The molecule has 2 aromatic rings. The van der Waals surface area contributed by atoms with Crippen molar-refractivity contribution in [3.05, 3.63) is 40.8 Å². The molecule has 94 valence electrons. The van der Waals surface area contributed by atoms with Gasteiger partial charge in [-0.05, 0) is 25.5 Å². The van der Waals surface area contributed by atoms with Crippen LogP contribution in [0.3, 0.4) is 0 Å². The molecule has 0 unspecified atom stereocenters. The summed E-state index contributed by atoms with van der Waals surface area (Å²) in [5, 5.41) is 0.229. The summed E-state index contributed by atoms with van der Waals surface area (Å²) >= 11 is 5.90. The third kappa shape index (κ3) is 2.54.